The van der Waals surface area contributed by atoms with Crippen LogP contribution in [0.2, 0.25) is 0 Å². The summed E-state index contributed by atoms with van der Waals surface area (Å²) >= 11 is 1.63. The number of benzene rings is 2. The summed E-state index contributed by atoms with van der Waals surface area (Å²) in [6.45, 7) is 9.30. The molecule has 3 aromatic rings. The number of nitrogens with two attached hydrogens (primary N) is 1. The van der Waals surface area contributed by atoms with Gasteiger partial charge in [-0.15, -0.1) is 11.3 Å². The average molecular weight is 431 g/mol. The Balaban J connectivity index is 1.45. The molecule has 1 aliphatic heterocycles. The van der Waals surface area contributed by atoms with Crippen LogP contribution in [0.5, 0.6) is 0 Å². The van der Waals surface area contributed by atoms with Crippen LogP contribution in [-0.2, 0) is 4.74 Å². The fourth-order valence-corrected chi connectivity index (χ4v) is 4.56. The quantitative estimate of drug-likeness (QED) is 0.420. The number of allylic oxidation sites excluding steroid dienone is 1. The van der Waals surface area contributed by atoms with E-state index in [2.05, 4.69) is 65.3 Å². The monoisotopic (exact) mass is 430 g/mol. The highest BCUT2D eigenvalue weighted by molar-refractivity contribution is 7.16. The minimum Gasteiger partial charge on any atom is -0.398 e. The number of nitriles is 1. The smallest absolute Gasteiger partial charge is 0.101 e. The van der Waals surface area contributed by atoms with Crippen molar-refractivity contribution in [2.75, 3.05) is 44.7 Å². The average Bonchev–Trinajstić information content (AvgIpc) is 3.26. The number of thiophene rings is 1. The molecule has 1 aliphatic rings. The minimum absolute atomic E-state index is 0.289. The Hall–Kier alpha value is -3.11. The summed E-state index contributed by atoms with van der Waals surface area (Å²) in [5.74, 6) is 0. The zero-order chi connectivity index (χ0) is 21.6. The molecule has 31 heavy (non-hydrogen) atoms. The number of hydrogen-bond donors (Lipinski definition) is 2. The summed E-state index contributed by atoms with van der Waals surface area (Å²) in [5.41, 5.74) is 8.66. The highest BCUT2D eigenvalue weighted by atomic mass is 32.1. The van der Waals surface area contributed by atoms with Crippen molar-refractivity contribution >= 4 is 33.9 Å². The number of fused-ring (bicyclic) bond motifs is 1. The molecular formula is C25H26N4OS. The lowest BCUT2D eigenvalue weighted by Gasteiger charge is -2.26. The van der Waals surface area contributed by atoms with Gasteiger partial charge in [0.1, 0.15) is 6.07 Å². The van der Waals surface area contributed by atoms with E-state index in [-0.39, 0.29) is 5.70 Å². The number of anilines is 1. The first-order valence-corrected chi connectivity index (χ1v) is 11.2. The first-order chi connectivity index (χ1) is 15.1. The van der Waals surface area contributed by atoms with Crippen molar-refractivity contribution in [3.05, 3.63) is 71.3 Å². The molecule has 0 atom stereocenters. The van der Waals surface area contributed by atoms with Gasteiger partial charge < -0.3 is 15.8 Å². The van der Waals surface area contributed by atoms with Crippen molar-refractivity contribution in [1.29, 1.82) is 5.26 Å². The molecule has 158 valence electrons. The van der Waals surface area contributed by atoms with E-state index in [1.54, 1.807) is 17.4 Å². The number of hydrogen-bond acceptors (Lipinski definition) is 6. The van der Waals surface area contributed by atoms with Crippen molar-refractivity contribution in [3.8, 4) is 16.5 Å². The maximum absolute atomic E-state index is 9.18. The van der Waals surface area contributed by atoms with Crippen LogP contribution in [0.15, 0.2) is 66.4 Å². The molecule has 0 saturated carbocycles. The maximum atomic E-state index is 9.18. The number of rotatable bonds is 7. The Morgan fingerprint density at radius 1 is 1.16 bits per heavy atom. The molecule has 6 heteroatoms. The number of ether oxygens (including phenoxy) is 1. The lowest BCUT2D eigenvalue weighted by atomic mass is 10.1. The molecule has 2 aromatic carbocycles. The highest BCUT2D eigenvalue weighted by Crippen LogP contribution is 2.32. The fourth-order valence-electron chi connectivity index (χ4n) is 3.62. The topological polar surface area (TPSA) is 74.3 Å². The van der Waals surface area contributed by atoms with Crippen LogP contribution in [0.1, 0.15) is 4.88 Å². The second kappa shape index (κ2) is 9.80. The summed E-state index contributed by atoms with van der Waals surface area (Å²) in [7, 11) is 0. The van der Waals surface area contributed by atoms with Crippen LogP contribution >= 0.6 is 11.3 Å². The SMILES string of the molecule is C=C(N)/C(C#N)=C/c1ccc(-c2ccc3cc(NCCN4CCOCC4)ccc3c2)s1. The van der Waals surface area contributed by atoms with Crippen LogP contribution in [-0.4, -0.2) is 44.3 Å². The van der Waals surface area contributed by atoms with Crippen LogP contribution in [0, 0.1) is 11.3 Å². The molecule has 0 unspecified atom stereocenters. The van der Waals surface area contributed by atoms with E-state index < -0.39 is 0 Å². The molecule has 0 bridgehead atoms. The molecule has 5 nitrogen and oxygen atoms in total. The molecular weight excluding hydrogens is 404 g/mol. The summed E-state index contributed by atoms with van der Waals surface area (Å²) < 4.78 is 5.40. The van der Waals surface area contributed by atoms with Crippen molar-refractivity contribution in [2.24, 2.45) is 5.73 Å². The Bertz CT molecular complexity index is 1150. The van der Waals surface area contributed by atoms with Crippen molar-refractivity contribution < 1.29 is 4.74 Å². The second-order valence-corrected chi connectivity index (χ2v) is 8.67. The van der Waals surface area contributed by atoms with Gasteiger partial charge in [-0.2, -0.15) is 5.26 Å². The lowest BCUT2D eigenvalue weighted by molar-refractivity contribution is 0.0398. The molecule has 1 fully saturated rings. The summed E-state index contributed by atoms with van der Waals surface area (Å²) in [6, 6.07) is 19.2. The second-order valence-electron chi connectivity index (χ2n) is 7.55. The van der Waals surface area contributed by atoms with E-state index in [1.165, 1.54) is 10.8 Å². The van der Waals surface area contributed by atoms with E-state index in [1.807, 2.05) is 6.07 Å². The van der Waals surface area contributed by atoms with Gasteiger partial charge >= 0.3 is 0 Å². The van der Waals surface area contributed by atoms with Crippen LogP contribution < -0.4 is 11.1 Å². The van der Waals surface area contributed by atoms with Crippen LogP contribution in [0.4, 0.5) is 5.69 Å². The Labute approximate surface area is 187 Å². The molecule has 1 saturated heterocycles. The normalized spacial score (nSPS) is 15.0. The first kappa shape index (κ1) is 21.1. The molecule has 1 aromatic heterocycles. The van der Waals surface area contributed by atoms with E-state index in [0.29, 0.717) is 5.57 Å². The van der Waals surface area contributed by atoms with Gasteiger partial charge in [0.2, 0.25) is 0 Å². The number of nitrogens with one attached hydrogen (secondary N) is 1. The van der Waals surface area contributed by atoms with E-state index in [4.69, 9.17) is 10.5 Å². The van der Waals surface area contributed by atoms with Gasteiger partial charge in [-0.05, 0) is 52.7 Å². The lowest BCUT2D eigenvalue weighted by Crippen LogP contribution is -2.38. The van der Waals surface area contributed by atoms with Crippen molar-refractivity contribution in [2.45, 2.75) is 0 Å². The molecule has 2 heterocycles. The molecule has 0 amide bonds. The molecule has 4 rings (SSSR count). The minimum atomic E-state index is 0.289. The van der Waals surface area contributed by atoms with Gasteiger partial charge in [-0.25, -0.2) is 0 Å². The zero-order valence-electron chi connectivity index (χ0n) is 17.4. The van der Waals surface area contributed by atoms with Crippen molar-refractivity contribution in [3.63, 3.8) is 0 Å². The summed E-state index contributed by atoms with van der Waals surface area (Å²) in [5, 5.41) is 15.1. The molecule has 3 N–H and O–H groups in total. The van der Waals surface area contributed by atoms with E-state index in [9.17, 15) is 5.26 Å². The predicted octanol–water partition coefficient (Wildman–Crippen LogP) is 4.69. The standard InChI is InChI=1S/C25H26N4OS/c1-18(27)22(17-26)16-24-6-7-25(31-24)21-3-2-20-15-23(5-4-19(20)14-21)28-8-9-29-10-12-30-13-11-29/h2-7,14-16,28H,1,8-13,27H2/b22-16+. The Morgan fingerprint density at radius 3 is 2.71 bits per heavy atom. The number of nitrogens with zero attached hydrogens (tertiary/aromatic N) is 2. The number of morpholine rings is 1. The fraction of sp³-hybridized carbons (Fsp3) is 0.240. The van der Waals surface area contributed by atoms with E-state index in [0.717, 1.165) is 60.4 Å². The Morgan fingerprint density at radius 2 is 1.94 bits per heavy atom. The zero-order valence-corrected chi connectivity index (χ0v) is 18.3. The largest absolute Gasteiger partial charge is 0.398 e. The van der Waals surface area contributed by atoms with Crippen LogP contribution in [0.25, 0.3) is 27.3 Å². The molecule has 0 spiro atoms. The third-order valence-electron chi connectivity index (χ3n) is 5.37. The summed E-state index contributed by atoms with van der Waals surface area (Å²) in [4.78, 5) is 4.57. The van der Waals surface area contributed by atoms with Gasteiger partial charge in [0.25, 0.3) is 0 Å². The molecule has 0 radical (unpaired) electrons. The third-order valence-corrected chi connectivity index (χ3v) is 6.45. The van der Waals surface area contributed by atoms with Gasteiger partial charge in [0, 0.05) is 47.3 Å². The molecule has 0 aliphatic carbocycles. The third kappa shape index (κ3) is 5.33. The first-order valence-electron chi connectivity index (χ1n) is 10.4. The van der Waals surface area contributed by atoms with Crippen LogP contribution in [0.3, 0.4) is 0 Å². The van der Waals surface area contributed by atoms with Crippen molar-refractivity contribution in [1.82, 2.24) is 4.90 Å². The van der Waals surface area contributed by atoms with Gasteiger partial charge in [0.05, 0.1) is 18.8 Å². The summed E-state index contributed by atoms with van der Waals surface area (Å²) in [6.07, 6.45) is 1.78. The van der Waals surface area contributed by atoms with Gasteiger partial charge in [-0.1, -0.05) is 24.8 Å². The Kier molecular flexibility index (Phi) is 6.68. The van der Waals surface area contributed by atoms with Gasteiger partial charge in [-0.3, -0.25) is 4.90 Å². The van der Waals surface area contributed by atoms with E-state index >= 15 is 0 Å². The predicted molar refractivity (Wildman–Crippen MR) is 130 cm³/mol. The van der Waals surface area contributed by atoms with Gasteiger partial charge in [0.15, 0.2) is 0 Å². The highest BCUT2D eigenvalue weighted by Gasteiger charge is 2.09. The maximum Gasteiger partial charge on any atom is 0.101 e.